The van der Waals surface area contributed by atoms with Gasteiger partial charge in [-0.05, 0) is 66.0 Å². The normalized spacial score (nSPS) is 23.5. The Morgan fingerprint density at radius 3 is 1.80 bits per heavy atom. The minimum absolute atomic E-state index is 0.00560. The first-order valence-corrected chi connectivity index (χ1v) is 23.7. The van der Waals surface area contributed by atoms with Crippen molar-refractivity contribution in [1.29, 1.82) is 0 Å². The van der Waals surface area contributed by atoms with Gasteiger partial charge in [-0.25, -0.2) is 4.98 Å². The van der Waals surface area contributed by atoms with Gasteiger partial charge < -0.3 is 23.7 Å². The van der Waals surface area contributed by atoms with Crippen LogP contribution in [0.5, 0.6) is 0 Å². The van der Waals surface area contributed by atoms with E-state index in [4.69, 9.17) is 35.3 Å². The Bertz CT molecular complexity index is 1230. The smallest absolute Gasteiger partial charge is 0.226 e. The van der Waals surface area contributed by atoms with Gasteiger partial charge >= 0.3 is 0 Å². The van der Waals surface area contributed by atoms with Crippen LogP contribution >= 0.6 is 11.6 Å². The molecule has 2 aromatic heterocycles. The minimum Gasteiger partial charge on any atom is -0.414 e. The van der Waals surface area contributed by atoms with Gasteiger partial charge in [-0.3, -0.25) is 4.57 Å². The molecule has 1 fully saturated rings. The van der Waals surface area contributed by atoms with Crippen molar-refractivity contribution in [1.82, 2.24) is 19.5 Å². The van der Waals surface area contributed by atoms with Crippen molar-refractivity contribution in [3.05, 3.63) is 11.6 Å². The lowest BCUT2D eigenvalue weighted by molar-refractivity contribution is -0.0470. The zero-order valence-corrected chi connectivity index (χ0v) is 31.7. The molecule has 3 heterocycles. The first-order valence-electron chi connectivity index (χ1n) is 14.6. The van der Waals surface area contributed by atoms with Crippen LogP contribution < -0.4 is 5.73 Å². The number of hydrogen-bond acceptors (Lipinski definition) is 8. The minimum atomic E-state index is -2.29. The molecule has 0 saturated carbocycles. The number of halogens is 1. The summed E-state index contributed by atoms with van der Waals surface area (Å²) in [7, 11) is -6.62. The van der Waals surface area contributed by atoms with Crippen molar-refractivity contribution in [2.75, 3.05) is 12.3 Å². The number of fused-ring (bicyclic) bond motifs is 1. The fourth-order valence-electron chi connectivity index (χ4n) is 3.97. The number of aromatic nitrogens is 4. The summed E-state index contributed by atoms with van der Waals surface area (Å²) >= 11 is 6.26. The van der Waals surface area contributed by atoms with Crippen LogP contribution in [-0.2, 0) is 18.0 Å². The monoisotopic (exact) mass is 643 g/mol. The Morgan fingerprint density at radius 1 is 0.829 bits per heavy atom. The second-order valence-corrected chi connectivity index (χ2v) is 30.7. The largest absolute Gasteiger partial charge is 0.414 e. The highest BCUT2D eigenvalue weighted by atomic mass is 35.5. The maximum Gasteiger partial charge on any atom is 0.226 e. The fraction of sp³-hybridized carbons (Fsp3) is 0.821. The predicted molar refractivity (Wildman–Crippen MR) is 176 cm³/mol. The number of imidazole rings is 1. The van der Waals surface area contributed by atoms with E-state index in [1.165, 1.54) is 0 Å². The topological polar surface area (TPSA) is 107 Å². The number of rotatable bonds is 8. The van der Waals surface area contributed by atoms with E-state index in [2.05, 4.69) is 117 Å². The molecule has 234 valence electrons. The zero-order valence-electron chi connectivity index (χ0n) is 28.0. The molecule has 4 atom stereocenters. The third-order valence-corrected chi connectivity index (χ3v) is 23.5. The van der Waals surface area contributed by atoms with Gasteiger partial charge in [0.1, 0.15) is 23.8 Å². The Hall–Kier alpha value is -0.869. The van der Waals surface area contributed by atoms with Crippen molar-refractivity contribution >= 4 is 53.5 Å². The van der Waals surface area contributed by atoms with E-state index in [9.17, 15) is 0 Å². The SMILES string of the molecule is CC(C)(C)[Si](C)(C)OCC1OC(n2cnc3c(N)nc(Cl)nc32)C(O[Si](C)(C)C(C)(C)C)C1O[Si](C)(C)C(C)(C)C. The number of nitrogens with two attached hydrogens (primary N) is 1. The second kappa shape index (κ2) is 11.2. The molecular formula is C28H54ClN5O4Si3. The van der Waals surface area contributed by atoms with Crippen LogP contribution in [0.2, 0.25) is 59.7 Å². The van der Waals surface area contributed by atoms with Crippen LogP contribution in [0.25, 0.3) is 11.2 Å². The van der Waals surface area contributed by atoms with Gasteiger partial charge in [0.15, 0.2) is 42.6 Å². The highest BCUT2D eigenvalue weighted by Gasteiger charge is 2.55. The van der Waals surface area contributed by atoms with Crippen molar-refractivity contribution in [2.24, 2.45) is 0 Å². The van der Waals surface area contributed by atoms with Crippen LogP contribution in [0.4, 0.5) is 5.82 Å². The quantitative estimate of drug-likeness (QED) is 0.230. The molecule has 1 saturated heterocycles. The number of nitrogen functional groups attached to an aromatic ring is 1. The molecule has 41 heavy (non-hydrogen) atoms. The highest BCUT2D eigenvalue weighted by Crippen LogP contribution is 2.47. The van der Waals surface area contributed by atoms with E-state index >= 15 is 0 Å². The summed E-state index contributed by atoms with van der Waals surface area (Å²) in [5, 5.41) is 0.0862. The summed E-state index contributed by atoms with van der Waals surface area (Å²) in [4.78, 5) is 13.1. The fourth-order valence-corrected chi connectivity index (χ4v) is 7.76. The molecule has 13 heteroatoms. The molecule has 2 N–H and O–H groups in total. The zero-order chi connectivity index (χ0) is 31.6. The van der Waals surface area contributed by atoms with E-state index in [1.807, 2.05) is 4.57 Å². The molecule has 0 aromatic carbocycles. The molecule has 0 amide bonds. The van der Waals surface area contributed by atoms with Gasteiger partial charge in [0.25, 0.3) is 0 Å². The molecule has 0 radical (unpaired) electrons. The van der Waals surface area contributed by atoms with Crippen molar-refractivity contribution in [3.63, 3.8) is 0 Å². The summed E-state index contributed by atoms with van der Waals surface area (Å²) in [5.74, 6) is 0.227. The van der Waals surface area contributed by atoms with Crippen molar-refractivity contribution < 1.29 is 18.0 Å². The van der Waals surface area contributed by atoms with E-state index in [-0.39, 0.29) is 38.4 Å². The molecule has 0 aliphatic carbocycles. The van der Waals surface area contributed by atoms with Crippen LogP contribution in [-0.4, -0.2) is 69.4 Å². The first kappa shape index (κ1) is 34.6. The van der Waals surface area contributed by atoms with Gasteiger partial charge in [0, 0.05) is 0 Å². The summed E-state index contributed by atoms with van der Waals surface area (Å²) in [6.45, 7) is 34.2. The second-order valence-electron chi connectivity index (χ2n) is 16.0. The Morgan fingerprint density at radius 2 is 1.32 bits per heavy atom. The molecule has 0 bridgehead atoms. The Balaban J connectivity index is 2.18. The highest BCUT2D eigenvalue weighted by molar-refractivity contribution is 6.75. The average Bonchev–Trinajstić information content (AvgIpc) is 3.31. The number of nitrogens with zero attached hydrogens (tertiary/aromatic N) is 4. The molecule has 2 aromatic rings. The predicted octanol–water partition coefficient (Wildman–Crippen LogP) is 7.76. The molecule has 1 aliphatic heterocycles. The number of hydrogen-bond donors (Lipinski definition) is 1. The molecule has 4 unspecified atom stereocenters. The Kier molecular flexibility index (Phi) is 9.49. The lowest BCUT2D eigenvalue weighted by Gasteiger charge is -2.44. The maximum absolute atomic E-state index is 7.22. The van der Waals surface area contributed by atoms with Crippen LogP contribution in [0.3, 0.4) is 0 Å². The number of ether oxygens (including phenoxy) is 1. The van der Waals surface area contributed by atoms with E-state index in [0.717, 1.165) is 0 Å². The molecule has 9 nitrogen and oxygen atoms in total. The molecular weight excluding hydrogens is 590 g/mol. The lowest BCUT2D eigenvalue weighted by atomic mass is 10.1. The van der Waals surface area contributed by atoms with Crippen LogP contribution in [0.15, 0.2) is 6.33 Å². The van der Waals surface area contributed by atoms with Crippen molar-refractivity contribution in [2.45, 2.75) is 141 Å². The van der Waals surface area contributed by atoms with Gasteiger partial charge in [-0.1, -0.05) is 62.3 Å². The Labute approximate surface area is 255 Å². The third-order valence-electron chi connectivity index (χ3n) is 9.87. The molecule has 3 rings (SSSR count). The van der Waals surface area contributed by atoms with E-state index in [0.29, 0.717) is 17.8 Å². The average molecular weight is 644 g/mol. The van der Waals surface area contributed by atoms with Crippen molar-refractivity contribution in [3.8, 4) is 0 Å². The van der Waals surface area contributed by atoms with Gasteiger partial charge in [-0.15, -0.1) is 0 Å². The van der Waals surface area contributed by atoms with E-state index in [1.54, 1.807) is 6.33 Å². The van der Waals surface area contributed by atoms with Gasteiger partial charge in [0.05, 0.1) is 12.9 Å². The summed E-state index contributed by atoms with van der Waals surface area (Å²) < 4.78 is 30.0. The van der Waals surface area contributed by atoms with Crippen LogP contribution in [0.1, 0.15) is 68.5 Å². The summed E-state index contributed by atoms with van der Waals surface area (Å²) in [6.07, 6.45) is -0.0104. The summed E-state index contributed by atoms with van der Waals surface area (Å²) in [6, 6.07) is 0. The number of anilines is 1. The van der Waals surface area contributed by atoms with Gasteiger partial charge in [0.2, 0.25) is 5.28 Å². The lowest BCUT2D eigenvalue weighted by Crippen LogP contribution is -2.54. The van der Waals surface area contributed by atoms with E-state index < -0.39 is 37.3 Å². The van der Waals surface area contributed by atoms with Gasteiger partial charge in [-0.2, -0.15) is 9.97 Å². The van der Waals surface area contributed by atoms with Crippen LogP contribution in [0, 0.1) is 0 Å². The summed E-state index contributed by atoms with van der Waals surface area (Å²) in [5.41, 5.74) is 7.16. The molecule has 1 aliphatic rings. The molecule has 0 spiro atoms. The standard InChI is InChI=1S/C28H54ClN5O4Si3/c1-26(2,3)39(10,11)35-16-18-20(37-40(12,13)27(4,5)6)21(38-41(14,15)28(7,8)9)24(36-18)34-17-31-19-22(30)32-25(29)33-23(19)34/h17-18,20-21,24H,16H2,1-15H3,(H2,30,32,33). The third kappa shape index (κ3) is 7.11. The first-order chi connectivity index (χ1) is 18.3. The maximum atomic E-state index is 7.22.